The monoisotopic (exact) mass is 184 g/mol. The molecule has 0 amide bonds. The molecule has 76 valence electrons. The number of nitrogens with zero attached hydrogens (tertiary/aromatic N) is 2. The first-order valence-electron chi connectivity index (χ1n) is 4.96. The maximum atomic E-state index is 5.70. The smallest absolute Gasteiger partial charge is 0.203 e. The zero-order chi connectivity index (χ0) is 9.68. The quantitative estimate of drug-likeness (QED) is 0.377. The van der Waals surface area contributed by atoms with Crippen LogP contribution in [0.5, 0.6) is 0 Å². The molecule has 1 rings (SSSR count). The fourth-order valence-corrected chi connectivity index (χ4v) is 1.66. The fraction of sp³-hybridized carbons (Fsp3) is 0.889. The molecule has 1 aliphatic carbocycles. The third-order valence-corrected chi connectivity index (χ3v) is 2.23. The van der Waals surface area contributed by atoms with Crippen molar-refractivity contribution >= 4 is 5.96 Å². The fourth-order valence-electron chi connectivity index (χ4n) is 1.66. The van der Waals surface area contributed by atoms with Gasteiger partial charge in [0.05, 0.1) is 6.04 Å². The third kappa shape index (κ3) is 4.12. The summed E-state index contributed by atoms with van der Waals surface area (Å²) < 4.78 is 0. The summed E-state index contributed by atoms with van der Waals surface area (Å²) in [5.41, 5.74) is 8.65. The van der Waals surface area contributed by atoms with Crippen molar-refractivity contribution in [1.29, 1.82) is 0 Å². The lowest BCUT2D eigenvalue weighted by molar-refractivity contribution is 0.356. The number of hydrazine groups is 1. The van der Waals surface area contributed by atoms with E-state index in [1.807, 2.05) is 19.1 Å². The molecule has 0 bridgehead atoms. The molecule has 4 nitrogen and oxygen atoms in total. The Bertz CT molecular complexity index is 170. The maximum absolute atomic E-state index is 5.70. The summed E-state index contributed by atoms with van der Waals surface area (Å²) in [5, 5.41) is 1.81. The molecule has 0 unspecified atom stereocenters. The number of nitrogens with one attached hydrogen (secondary N) is 1. The van der Waals surface area contributed by atoms with E-state index in [9.17, 15) is 0 Å². The first-order chi connectivity index (χ1) is 6.18. The van der Waals surface area contributed by atoms with Gasteiger partial charge in [-0.05, 0) is 12.8 Å². The molecule has 0 aromatic carbocycles. The first kappa shape index (κ1) is 10.3. The second-order valence-electron chi connectivity index (χ2n) is 3.81. The summed E-state index contributed by atoms with van der Waals surface area (Å²) >= 11 is 0. The number of aliphatic imine (C=N–C) groups is 1. The van der Waals surface area contributed by atoms with E-state index in [4.69, 9.17) is 5.73 Å². The van der Waals surface area contributed by atoms with Gasteiger partial charge in [-0.3, -0.25) is 5.43 Å². The topological polar surface area (TPSA) is 53.6 Å². The van der Waals surface area contributed by atoms with Crippen LogP contribution in [-0.4, -0.2) is 31.1 Å². The van der Waals surface area contributed by atoms with Crippen molar-refractivity contribution in [2.75, 3.05) is 14.1 Å². The molecule has 4 heteroatoms. The van der Waals surface area contributed by atoms with Gasteiger partial charge in [0.2, 0.25) is 5.96 Å². The SMILES string of the molecule is CN(C)NC(N)=NC1CCCCC1. The van der Waals surface area contributed by atoms with Gasteiger partial charge in [0.15, 0.2) is 0 Å². The summed E-state index contributed by atoms with van der Waals surface area (Å²) in [6, 6.07) is 0.446. The van der Waals surface area contributed by atoms with E-state index in [2.05, 4.69) is 10.4 Å². The average Bonchev–Trinajstić information content (AvgIpc) is 2.04. The van der Waals surface area contributed by atoms with Crippen LogP contribution in [0.15, 0.2) is 4.99 Å². The van der Waals surface area contributed by atoms with Crippen molar-refractivity contribution < 1.29 is 0 Å². The lowest BCUT2D eigenvalue weighted by atomic mass is 9.96. The highest BCUT2D eigenvalue weighted by Crippen LogP contribution is 2.19. The third-order valence-electron chi connectivity index (χ3n) is 2.23. The van der Waals surface area contributed by atoms with Crippen LogP contribution in [0.4, 0.5) is 0 Å². The van der Waals surface area contributed by atoms with Gasteiger partial charge >= 0.3 is 0 Å². The van der Waals surface area contributed by atoms with Crippen LogP contribution in [0.1, 0.15) is 32.1 Å². The molecule has 0 aliphatic heterocycles. The zero-order valence-electron chi connectivity index (χ0n) is 8.58. The Labute approximate surface area is 80.2 Å². The molecule has 1 aliphatic rings. The first-order valence-corrected chi connectivity index (χ1v) is 4.96. The normalized spacial score (nSPS) is 20.7. The Morgan fingerprint density at radius 2 is 1.92 bits per heavy atom. The summed E-state index contributed by atoms with van der Waals surface area (Å²) in [4.78, 5) is 4.42. The minimum absolute atomic E-state index is 0.446. The largest absolute Gasteiger partial charge is 0.369 e. The second kappa shape index (κ2) is 5.07. The average molecular weight is 184 g/mol. The van der Waals surface area contributed by atoms with Crippen molar-refractivity contribution in [3.8, 4) is 0 Å². The predicted molar refractivity (Wildman–Crippen MR) is 55.3 cm³/mol. The van der Waals surface area contributed by atoms with Crippen molar-refractivity contribution in [3.05, 3.63) is 0 Å². The number of rotatable bonds is 2. The molecular weight excluding hydrogens is 164 g/mol. The van der Waals surface area contributed by atoms with Crippen LogP contribution in [0.2, 0.25) is 0 Å². The molecule has 0 radical (unpaired) electrons. The summed E-state index contributed by atoms with van der Waals surface area (Å²) in [5.74, 6) is 0.539. The van der Waals surface area contributed by atoms with Crippen molar-refractivity contribution in [1.82, 2.24) is 10.4 Å². The highest BCUT2D eigenvalue weighted by molar-refractivity contribution is 5.77. The standard InChI is InChI=1S/C9H20N4/c1-13(2)12-9(10)11-8-6-4-3-5-7-8/h8H,3-7H2,1-2H3,(H3,10,11,12). The van der Waals surface area contributed by atoms with Gasteiger partial charge < -0.3 is 5.73 Å². The molecule has 13 heavy (non-hydrogen) atoms. The van der Waals surface area contributed by atoms with Gasteiger partial charge in [0, 0.05) is 14.1 Å². The van der Waals surface area contributed by atoms with E-state index >= 15 is 0 Å². The number of hydrogen-bond donors (Lipinski definition) is 2. The summed E-state index contributed by atoms with van der Waals surface area (Å²) in [6.45, 7) is 0. The van der Waals surface area contributed by atoms with E-state index in [1.54, 1.807) is 0 Å². The van der Waals surface area contributed by atoms with Gasteiger partial charge in [-0.1, -0.05) is 19.3 Å². The summed E-state index contributed by atoms with van der Waals surface area (Å²) in [7, 11) is 3.81. The minimum atomic E-state index is 0.446. The molecule has 0 aromatic rings. The van der Waals surface area contributed by atoms with Crippen molar-refractivity contribution in [2.45, 2.75) is 38.1 Å². The van der Waals surface area contributed by atoms with Gasteiger partial charge in [0.25, 0.3) is 0 Å². The molecular formula is C9H20N4. The van der Waals surface area contributed by atoms with E-state index in [1.165, 1.54) is 32.1 Å². The second-order valence-corrected chi connectivity index (χ2v) is 3.81. The van der Waals surface area contributed by atoms with Crippen LogP contribution in [0.3, 0.4) is 0 Å². The van der Waals surface area contributed by atoms with E-state index in [0.717, 1.165) is 0 Å². The number of guanidine groups is 1. The van der Waals surface area contributed by atoms with Gasteiger partial charge in [0.1, 0.15) is 0 Å². The minimum Gasteiger partial charge on any atom is -0.369 e. The molecule has 1 fully saturated rings. The predicted octanol–water partition coefficient (Wildman–Crippen LogP) is 0.700. The molecule has 0 atom stereocenters. The van der Waals surface area contributed by atoms with Crippen LogP contribution in [-0.2, 0) is 0 Å². The Hall–Kier alpha value is -0.770. The Morgan fingerprint density at radius 1 is 1.31 bits per heavy atom. The van der Waals surface area contributed by atoms with E-state index in [-0.39, 0.29) is 0 Å². The highest BCUT2D eigenvalue weighted by Gasteiger charge is 2.12. The van der Waals surface area contributed by atoms with Gasteiger partial charge in [-0.15, -0.1) is 0 Å². The van der Waals surface area contributed by atoms with E-state index < -0.39 is 0 Å². The Kier molecular flexibility index (Phi) is 4.02. The lowest BCUT2D eigenvalue weighted by Crippen LogP contribution is -2.42. The van der Waals surface area contributed by atoms with E-state index in [0.29, 0.717) is 12.0 Å². The van der Waals surface area contributed by atoms with Crippen LogP contribution in [0, 0.1) is 0 Å². The summed E-state index contributed by atoms with van der Waals surface area (Å²) in [6.07, 6.45) is 6.32. The van der Waals surface area contributed by atoms with Crippen LogP contribution >= 0.6 is 0 Å². The molecule has 0 saturated heterocycles. The molecule has 0 aromatic heterocycles. The molecule has 0 spiro atoms. The molecule has 1 saturated carbocycles. The van der Waals surface area contributed by atoms with Crippen molar-refractivity contribution in [3.63, 3.8) is 0 Å². The Morgan fingerprint density at radius 3 is 2.46 bits per heavy atom. The van der Waals surface area contributed by atoms with Crippen LogP contribution in [0.25, 0.3) is 0 Å². The van der Waals surface area contributed by atoms with Crippen molar-refractivity contribution in [2.24, 2.45) is 10.7 Å². The molecule has 0 heterocycles. The van der Waals surface area contributed by atoms with Gasteiger partial charge in [-0.25, -0.2) is 10.0 Å². The highest BCUT2D eigenvalue weighted by atomic mass is 15.5. The lowest BCUT2D eigenvalue weighted by Gasteiger charge is -2.19. The number of nitrogens with two attached hydrogens (primary N) is 1. The Balaban J connectivity index is 2.34. The zero-order valence-corrected chi connectivity index (χ0v) is 8.58. The number of hydrogen-bond acceptors (Lipinski definition) is 2. The molecule has 3 N–H and O–H groups in total. The van der Waals surface area contributed by atoms with Crippen LogP contribution < -0.4 is 11.2 Å². The van der Waals surface area contributed by atoms with Gasteiger partial charge in [-0.2, -0.15) is 0 Å². The maximum Gasteiger partial charge on any atom is 0.203 e.